The Bertz CT molecular complexity index is 189. The molecule has 0 radical (unpaired) electrons. The quantitative estimate of drug-likeness (QED) is 0.517. The Morgan fingerprint density at radius 2 is 1.92 bits per heavy atom. The van der Waals surface area contributed by atoms with Crippen LogP contribution < -0.4 is 0 Å². The Kier molecular flexibility index (Phi) is 4.35. The first-order chi connectivity index (χ1) is 5.66. The molecule has 0 unspecified atom stereocenters. The van der Waals surface area contributed by atoms with Crippen LogP contribution in [0.15, 0.2) is 0 Å². The maximum atomic E-state index is 8.90. The number of nitrogens with one attached hydrogen (secondary N) is 1. The molecule has 0 rings (SSSR count). The van der Waals surface area contributed by atoms with Crippen LogP contribution in [0.4, 0.5) is 0 Å². The number of rotatable bonds is 4. The van der Waals surface area contributed by atoms with E-state index >= 15 is 0 Å². The minimum atomic E-state index is -0.698. The molecule has 0 aromatic rings. The summed E-state index contributed by atoms with van der Waals surface area (Å²) < 4.78 is 5.04. The van der Waals surface area contributed by atoms with Crippen LogP contribution in [-0.2, 0) is 4.74 Å². The van der Waals surface area contributed by atoms with Crippen molar-refractivity contribution in [1.82, 2.24) is 0 Å². The average molecular weight is 168 g/mol. The van der Waals surface area contributed by atoms with E-state index in [-0.39, 0.29) is 5.90 Å². The molecule has 0 amide bonds. The molecule has 3 nitrogen and oxygen atoms in total. The Labute approximate surface area is 73.9 Å². The van der Waals surface area contributed by atoms with Gasteiger partial charge in [-0.3, -0.25) is 5.41 Å². The van der Waals surface area contributed by atoms with Gasteiger partial charge in [-0.15, -0.1) is 0 Å². The van der Waals surface area contributed by atoms with Gasteiger partial charge in [0.1, 0.15) is 5.41 Å². The van der Waals surface area contributed by atoms with Crippen molar-refractivity contribution in [1.29, 1.82) is 10.7 Å². The molecule has 3 heteroatoms. The van der Waals surface area contributed by atoms with Gasteiger partial charge in [-0.25, -0.2) is 0 Å². The SMILES string of the molecule is CCOC(=N)C(C#N)(CC)CC. The van der Waals surface area contributed by atoms with Crippen LogP contribution in [0.25, 0.3) is 0 Å². The van der Waals surface area contributed by atoms with Gasteiger partial charge < -0.3 is 4.74 Å². The first-order valence-corrected chi connectivity index (χ1v) is 4.29. The van der Waals surface area contributed by atoms with E-state index in [1.807, 2.05) is 20.8 Å². The fourth-order valence-corrected chi connectivity index (χ4v) is 1.06. The molecule has 0 aliphatic carbocycles. The molecule has 0 aliphatic rings. The van der Waals surface area contributed by atoms with E-state index in [2.05, 4.69) is 6.07 Å². The molecule has 0 aliphatic heterocycles. The standard InChI is InChI=1S/C9H16N2O/c1-4-9(5-2,7-10)8(11)12-6-3/h11H,4-6H2,1-3H3. The van der Waals surface area contributed by atoms with E-state index in [0.29, 0.717) is 19.4 Å². The van der Waals surface area contributed by atoms with E-state index in [9.17, 15) is 0 Å². The van der Waals surface area contributed by atoms with Crippen molar-refractivity contribution in [2.24, 2.45) is 5.41 Å². The van der Waals surface area contributed by atoms with E-state index < -0.39 is 5.41 Å². The van der Waals surface area contributed by atoms with Crippen LogP contribution in [0.5, 0.6) is 0 Å². The summed E-state index contributed by atoms with van der Waals surface area (Å²) in [6.07, 6.45) is 1.28. The molecule has 68 valence electrons. The van der Waals surface area contributed by atoms with Gasteiger partial charge in [-0.05, 0) is 19.8 Å². The predicted octanol–water partition coefficient (Wildman–Crippen LogP) is 2.33. The third-order valence-electron chi connectivity index (χ3n) is 2.14. The van der Waals surface area contributed by atoms with Crippen molar-refractivity contribution in [2.75, 3.05) is 6.61 Å². The van der Waals surface area contributed by atoms with E-state index in [1.165, 1.54) is 0 Å². The highest BCUT2D eigenvalue weighted by atomic mass is 16.5. The number of hydrogen-bond acceptors (Lipinski definition) is 3. The van der Waals surface area contributed by atoms with Crippen LogP contribution in [0.3, 0.4) is 0 Å². The normalized spacial score (nSPS) is 10.5. The lowest BCUT2D eigenvalue weighted by molar-refractivity contribution is 0.269. The molecular weight excluding hydrogens is 152 g/mol. The third-order valence-corrected chi connectivity index (χ3v) is 2.14. The van der Waals surface area contributed by atoms with Gasteiger partial charge in [-0.1, -0.05) is 13.8 Å². The smallest absolute Gasteiger partial charge is 0.201 e. The highest BCUT2D eigenvalue weighted by molar-refractivity contribution is 5.82. The highest BCUT2D eigenvalue weighted by Gasteiger charge is 2.32. The largest absolute Gasteiger partial charge is 0.480 e. The van der Waals surface area contributed by atoms with Crippen LogP contribution in [0, 0.1) is 22.2 Å². The second-order valence-electron chi connectivity index (χ2n) is 2.66. The van der Waals surface area contributed by atoms with Crippen molar-refractivity contribution in [3.63, 3.8) is 0 Å². The second kappa shape index (κ2) is 4.76. The zero-order valence-electron chi connectivity index (χ0n) is 7.98. The first kappa shape index (κ1) is 11.0. The summed E-state index contributed by atoms with van der Waals surface area (Å²) in [5, 5.41) is 16.5. The summed E-state index contributed by atoms with van der Waals surface area (Å²) in [6, 6.07) is 2.15. The number of ether oxygens (including phenoxy) is 1. The molecular formula is C9H16N2O. The molecule has 0 aromatic heterocycles. The van der Waals surface area contributed by atoms with Crippen LogP contribution in [0.2, 0.25) is 0 Å². The van der Waals surface area contributed by atoms with E-state index in [0.717, 1.165) is 0 Å². The third kappa shape index (κ3) is 1.97. The van der Waals surface area contributed by atoms with Crippen LogP contribution >= 0.6 is 0 Å². The van der Waals surface area contributed by atoms with Crippen molar-refractivity contribution in [3.05, 3.63) is 0 Å². The summed E-state index contributed by atoms with van der Waals surface area (Å²) in [5.41, 5.74) is -0.698. The number of hydrogen-bond donors (Lipinski definition) is 1. The average Bonchev–Trinajstić information content (AvgIpc) is 2.09. The summed E-state index contributed by atoms with van der Waals surface area (Å²) in [5.74, 6) is 0.109. The Morgan fingerprint density at radius 3 is 2.17 bits per heavy atom. The van der Waals surface area contributed by atoms with Crippen LogP contribution in [-0.4, -0.2) is 12.5 Å². The summed E-state index contributed by atoms with van der Waals surface area (Å²) in [6.45, 7) is 6.09. The van der Waals surface area contributed by atoms with Crippen molar-refractivity contribution >= 4 is 5.90 Å². The minimum absolute atomic E-state index is 0.109. The van der Waals surface area contributed by atoms with Crippen LogP contribution in [0.1, 0.15) is 33.6 Å². The van der Waals surface area contributed by atoms with E-state index in [4.69, 9.17) is 15.4 Å². The predicted molar refractivity (Wildman–Crippen MR) is 48.0 cm³/mol. The van der Waals surface area contributed by atoms with Gasteiger partial charge in [0.2, 0.25) is 5.90 Å². The molecule has 0 saturated carbocycles. The molecule has 0 fully saturated rings. The number of nitrogens with zero attached hydrogens (tertiary/aromatic N) is 1. The molecule has 0 saturated heterocycles. The van der Waals surface area contributed by atoms with Crippen molar-refractivity contribution < 1.29 is 4.74 Å². The Balaban J connectivity index is 4.51. The first-order valence-electron chi connectivity index (χ1n) is 4.29. The highest BCUT2D eigenvalue weighted by Crippen LogP contribution is 2.26. The fraction of sp³-hybridized carbons (Fsp3) is 0.778. The summed E-state index contributed by atoms with van der Waals surface area (Å²) in [4.78, 5) is 0. The Hall–Kier alpha value is -1.04. The Morgan fingerprint density at radius 1 is 1.42 bits per heavy atom. The molecule has 12 heavy (non-hydrogen) atoms. The zero-order chi connectivity index (χ0) is 9.61. The topological polar surface area (TPSA) is 56.9 Å². The lowest BCUT2D eigenvalue weighted by Crippen LogP contribution is -2.29. The van der Waals surface area contributed by atoms with Gasteiger partial charge in [0.05, 0.1) is 12.7 Å². The second-order valence-corrected chi connectivity index (χ2v) is 2.66. The molecule has 0 heterocycles. The molecule has 1 N–H and O–H groups in total. The molecule has 0 bridgehead atoms. The maximum absolute atomic E-state index is 8.90. The van der Waals surface area contributed by atoms with Gasteiger partial charge >= 0.3 is 0 Å². The summed E-state index contributed by atoms with van der Waals surface area (Å²) in [7, 11) is 0. The lowest BCUT2D eigenvalue weighted by Gasteiger charge is -2.23. The molecule has 0 atom stereocenters. The maximum Gasteiger partial charge on any atom is 0.201 e. The van der Waals surface area contributed by atoms with Gasteiger partial charge in [0.25, 0.3) is 0 Å². The lowest BCUT2D eigenvalue weighted by atomic mass is 9.84. The van der Waals surface area contributed by atoms with Gasteiger partial charge in [0.15, 0.2) is 0 Å². The monoisotopic (exact) mass is 168 g/mol. The van der Waals surface area contributed by atoms with Crippen molar-refractivity contribution in [3.8, 4) is 6.07 Å². The minimum Gasteiger partial charge on any atom is -0.480 e. The van der Waals surface area contributed by atoms with Crippen molar-refractivity contribution in [2.45, 2.75) is 33.6 Å². The molecule has 0 spiro atoms. The van der Waals surface area contributed by atoms with Gasteiger partial charge in [-0.2, -0.15) is 5.26 Å². The fourth-order valence-electron chi connectivity index (χ4n) is 1.06. The zero-order valence-corrected chi connectivity index (χ0v) is 7.98. The summed E-state index contributed by atoms with van der Waals surface area (Å²) >= 11 is 0. The van der Waals surface area contributed by atoms with Gasteiger partial charge in [0, 0.05) is 0 Å². The molecule has 0 aromatic carbocycles. The number of nitriles is 1. The van der Waals surface area contributed by atoms with E-state index in [1.54, 1.807) is 0 Å².